The Labute approximate surface area is 171 Å². The molecule has 7 nitrogen and oxygen atoms in total. The minimum absolute atomic E-state index is 0.109. The molecule has 0 aliphatic rings. The molecule has 0 aliphatic carbocycles. The molecule has 0 unspecified atom stereocenters. The first-order valence-corrected chi connectivity index (χ1v) is 9.64. The van der Waals surface area contributed by atoms with Crippen LogP contribution in [0.4, 0.5) is 23.3 Å². The smallest absolute Gasteiger partial charge is 0.232 e. The van der Waals surface area contributed by atoms with Gasteiger partial charge in [-0.3, -0.25) is 4.79 Å². The van der Waals surface area contributed by atoms with Crippen molar-refractivity contribution >= 4 is 29.2 Å². The topological polar surface area (TPSA) is 91.8 Å². The number of anilines is 4. The Kier molecular flexibility index (Phi) is 6.73. The van der Waals surface area contributed by atoms with E-state index in [1.165, 1.54) is 24.4 Å². The highest BCUT2D eigenvalue weighted by molar-refractivity contribution is 5.90. The summed E-state index contributed by atoms with van der Waals surface area (Å²) in [5.41, 5.74) is 5.09. The van der Waals surface area contributed by atoms with Gasteiger partial charge >= 0.3 is 0 Å². The van der Waals surface area contributed by atoms with Crippen molar-refractivity contribution in [2.24, 2.45) is 0 Å². The lowest BCUT2D eigenvalue weighted by atomic mass is 10.1. The third-order valence-corrected chi connectivity index (χ3v) is 4.51. The van der Waals surface area contributed by atoms with Gasteiger partial charge in [-0.1, -0.05) is 35.9 Å². The van der Waals surface area contributed by atoms with Crippen molar-refractivity contribution in [2.75, 3.05) is 22.5 Å². The fraction of sp³-hybridized carbons (Fsp3) is 0.273. The van der Waals surface area contributed by atoms with E-state index in [0.29, 0.717) is 11.9 Å². The van der Waals surface area contributed by atoms with Gasteiger partial charge in [-0.2, -0.15) is 4.98 Å². The largest absolute Gasteiger partial charge is 0.354 e. The second-order valence-electron chi connectivity index (χ2n) is 6.93. The van der Waals surface area contributed by atoms with Crippen molar-refractivity contribution in [3.63, 3.8) is 0 Å². The minimum Gasteiger partial charge on any atom is -0.354 e. The molecule has 0 atom stereocenters. The lowest BCUT2D eigenvalue weighted by Gasteiger charge is -2.13. The van der Waals surface area contributed by atoms with E-state index in [1.54, 1.807) is 0 Å². The van der Waals surface area contributed by atoms with Crippen LogP contribution >= 0.6 is 0 Å². The van der Waals surface area contributed by atoms with Crippen molar-refractivity contribution in [2.45, 2.75) is 33.6 Å². The number of carbonyl (C=O) groups is 1. The van der Waals surface area contributed by atoms with E-state index in [-0.39, 0.29) is 5.91 Å². The number of hydrogen-bond acceptors (Lipinski definition) is 6. The molecule has 1 amide bonds. The molecule has 1 heterocycles. The zero-order valence-electron chi connectivity index (χ0n) is 17.0. The minimum atomic E-state index is -0.109. The molecule has 3 rings (SSSR count). The fourth-order valence-corrected chi connectivity index (χ4v) is 2.91. The Morgan fingerprint density at radius 2 is 1.69 bits per heavy atom. The Balaban J connectivity index is 1.57. The van der Waals surface area contributed by atoms with Crippen LogP contribution in [0.3, 0.4) is 0 Å². The molecule has 0 bridgehead atoms. The van der Waals surface area contributed by atoms with Crippen LogP contribution in [0.2, 0.25) is 0 Å². The van der Waals surface area contributed by atoms with Crippen LogP contribution in [-0.2, 0) is 11.2 Å². The number of aromatic nitrogens is 3. The van der Waals surface area contributed by atoms with Gasteiger partial charge in [0.1, 0.15) is 6.33 Å². The number of benzene rings is 2. The van der Waals surface area contributed by atoms with Crippen LogP contribution in [0.5, 0.6) is 0 Å². The van der Waals surface area contributed by atoms with E-state index < -0.39 is 0 Å². The highest BCUT2D eigenvalue weighted by Crippen LogP contribution is 2.25. The van der Waals surface area contributed by atoms with E-state index in [9.17, 15) is 4.79 Å². The number of aryl methyl sites for hydroxylation is 2. The van der Waals surface area contributed by atoms with Gasteiger partial charge in [-0.15, -0.1) is 0 Å². The molecule has 0 aliphatic heterocycles. The van der Waals surface area contributed by atoms with E-state index >= 15 is 0 Å². The molecular weight excluding hydrogens is 364 g/mol. The normalized spacial score (nSPS) is 10.4. The first kappa shape index (κ1) is 20.3. The first-order valence-electron chi connectivity index (χ1n) is 9.64. The van der Waals surface area contributed by atoms with E-state index in [4.69, 9.17) is 0 Å². The Hall–Kier alpha value is -3.48. The van der Waals surface area contributed by atoms with Crippen molar-refractivity contribution < 1.29 is 4.79 Å². The van der Waals surface area contributed by atoms with Crippen molar-refractivity contribution in [1.29, 1.82) is 0 Å². The Bertz CT molecular complexity index is 971. The Morgan fingerprint density at radius 1 is 0.966 bits per heavy atom. The van der Waals surface area contributed by atoms with Gasteiger partial charge < -0.3 is 16.0 Å². The third-order valence-electron chi connectivity index (χ3n) is 4.51. The van der Waals surface area contributed by atoms with Gasteiger partial charge in [-0.25, -0.2) is 9.97 Å². The van der Waals surface area contributed by atoms with Crippen LogP contribution in [0.15, 0.2) is 48.8 Å². The van der Waals surface area contributed by atoms with Crippen LogP contribution in [0.25, 0.3) is 0 Å². The highest BCUT2D eigenvalue weighted by atomic mass is 16.1. The number of nitrogens with one attached hydrogen (secondary N) is 3. The van der Waals surface area contributed by atoms with Gasteiger partial charge in [0, 0.05) is 24.8 Å². The van der Waals surface area contributed by atoms with Gasteiger partial charge in [0.25, 0.3) is 0 Å². The summed E-state index contributed by atoms with van der Waals surface area (Å²) in [6, 6.07) is 14.2. The molecule has 0 saturated carbocycles. The third kappa shape index (κ3) is 6.00. The van der Waals surface area contributed by atoms with Gasteiger partial charge in [0.05, 0.1) is 0 Å². The molecule has 0 radical (unpaired) electrons. The summed E-state index contributed by atoms with van der Waals surface area (Å²) >= 11 is 0. The van der Waals surface area contributed by atoms with Crippen molar-refractivity contribution in [3.05, 3.63) is 65.5 Å². The predicted octanol–water partition coefficient (Wildman–Crippen LogP) is 4.24. The van der Waals surface area contributed by atoms with Crippen molar-refractivity contribution in [1.82, 2.24) is 15.0 Å². The summed E-state index contributed by atoms with van der Waals surface area (Å²) < 4.78 is 0. The summed E-state index contributed by atoms with van der Waals surface area (Å²) in [5, 5.41) is 9.26. The monoisotopic (exact) mass is 390 g/mol. The lowest BCUT2D eigenvalue weighted by molar-refractivity contribution is -0.114. The number of amides is 1. The Morgan fingerprint density at radius 3 is 2.45 bits per heavy atom. The van der Waals surface area contributed by atoms with Gasteiger partial charge in [0.2, 0.25) is 17.8 Å². The quantitative estimate of drug-likeness (QED) is 0.499. The SMILES string of the molecule is CC(=O)Nc1cccc(Nc2ncnc(NCCCc3ccc(C)cc3)n2)c1C. The summed E-state index contributed by atoms with van der Waals surface area (Å²) in [6.45, 7) is 6.28. The van der Waals surface area contributed by atoms with Gasteiger partial charge in [-0.05, 0) is 49.9 Å². The average molecular weight is 390 g/mol. The average Bonchev–Trinajstić information content (AvgIpc) is 2.70. The molecule has 0 spiro atoms. The van der Waals surface area contributed by atoms with Crippen LogP contribution in [0.1, 0.15) is 30.0 Å². The predicted molar refractivity (Wildman–Crippen MR) is 117 cm³/mol. The second-order valence-corrected chi connectivity index (χ2v) is 6.93. The second kappa shape index (κ2) is 9.64. The highest BCUT2D eigenvalue weighted by Gasteiger charge is 2.07. The summed E-state index contributed by atoms with van der Waals surface area (Å²) in [6.07, 6.45) is 3.46. The molecule has 2 aromatic carbocycles. The maximum Gasteiger partial charge on any atom is 0.232 e. The first-order chi connectivity index (χ1) is 14.0. The summed E-state index contributed by atoms with van der Waals surface area (Å²) in [4.78, 5) is 24.1. The zero-order valence-corrected chi connectivity index (χ0v) is 17.0. The molecule has 7 heteroatoms. The molecule has 3 aromatic rings. The molecular formula is C22H26N6O. The number of carbonyl (C=O) groups excluding carboxylic acids is 1. The standard InChI is InChI=1S/C22H26N6O/c1-15-9-11-18(12-10-15)6-5-13-23-21-24-14-25-22(28-21)27-20-8-4-7-19(16(20)2)26-17(3)29/h4,7-12,14H,5-6,13H2,1-3H3,(H,26,29)(H2,23,24,25,27,28). The summed E-state index contributed by atoms with van der Waals surface area (Å²) in [5.74, 6) is 0.869. The molecule has 0 fully saturated rings. The molecule has 1 aromatic heterocycles. The maximum atomic E-state index is 11.3. The fourth-order valence-electron chi connectivity index (χ4n) is 2.91. The molecule has 3 N–H and O–H groups in total. The lowest BCUT2D eigenvalue weighted by Crippen LogP contribution is -2.10. The zero-order chi connectivity index (χ0) is 20.6. The number of nitrogens with zero attached hydrogens (tertiary/aromatic N) is 3. The summed E-state index contributed by atoms with van der Waals surface area (Å²) in [7, 11) is 0. The van der Waals surface area contributed by atoms with E-state index in [0.717, 1.165) is 36.3 Å². The van der Waals surface area contributed by atoms with E-state index in [1.807, 2.05) is 25.1 Å². The number of rotatable bonds is 8. The van der Waals surface area contributed by atoms with Crippen LogP contribution < -0.4 is 16.0 Å². The van der Waals surface area contributed by atoms with Crippen molar-refractivity contribution in [3.8, 4) is 0 Å². The van der Waals surface area contributed by atoms with Crippen LogP contribution in [0, 0.1) is 13.8 Å². The maximum absolute atomic E-state index is 11.3. The van der Waals surface area contributed by atoms with E-state index in [2.05, 4.69) is 62.1 Å². The van der Waals surface area contributed by atoms with Crippen LogP contribution in [-0.4, -0.2) is 27.4 Å². The molecule has 29 heavy (non-hydrogen) atoms. The molecule has 150 valence electrons. The van der Waals surface area contributed by atoms with Gasteiger partial charge in [0.15, 0.2) is 0 Å². The number of hydrogen-bond donors (Lipinski definition) is 3. The molecule has 0 saturated heterocycles.